The molecule has 0 unspecified atom stereocenters. The fraction of sp³-hybridized carbons (Fsp3) is 0.125. The van der Waals surface area contributed by atoms with Crippen LogP contribution < -0.4 is 20.7 Å². The van der Waals surface area contributed by atoms with Gasteiger partial charge in [-0.25, -0.2) is 4.98 Å². The number of carbonyl (C=O) groups excluding carboxylic acids is 2. The summed E-state index contributed by atoms with van der Waals surface area (Å²) >= 11 is 0. The van der Waals surface area contributed by atoms with Gasteiger partial charge in [0, 0.05) is 53.0 Å². The Labute approximate surface area is 252 Å². The monoisotopic (exact) mass is 597 g/mol. The number of fused-ring (bicyclic) bond motifs is 1. The summed E-state index contributed by atoms with van der Waals surface area (Å²) in [6.45, 7) is -2.30. The molecule has 0 fully saturated rings. The highest BCUT2D eigenvalue weighted by molar-refractivity contribution is 6.06. The summed E-state index contributed by atoms with van der Waals surface area (Å²) in [4.78, 5) is 36.0. The fourth-order valence-electron chi connectivity index (χ4n) is 4.38. The lowest BCUT2D eigenvalue weighted by molar-refractivity contribution is -0.111. The third kappa shape index (κ3) is 7.61. The largest absolute Gasteiger partial charge is 0.434 e. The van der Waals surface area contributed by atoms with E-state index in [2.05, 4.69) is 30.7 Å². The number of amides is 2. The molecule has 0 saturated heterocycles. The van der Waals surface area contributed by atoms with Crippen LogP contribution in [0.15, 0.2) is 103 Å². The van der Waals surface area contributed by atoms with Gasteiger partial charge in [0.1, 0.15) is 11.6 Å². The van der Waals surface area contributed by atoms with Crippen LogP contribution in [-0.4, -0.2) is 58.5 Å². The van der Waals surface area contributed by atoms with Crippen LogP contribution >= 0.6 is 0 Å². The van der Waals surface area contributed by atoms with Crippen LogP contribution in [0.1, 0.15) is 10.4 Å². The number of likely N-dealkylation sites (N-methyl/N-ethyl adjacent to an activating group) is 1. The number of anilines is 4. The minimum Gasteiger partial charge on any atom is -0.434 e. The first kappa shape index (κ1) is 29.9. The molecule has 0 aliphatic carbocycles. The maximum Gasteiger partial charge on any atom is 0.387 e. The van der Waals surface area contributed by atoms with Gasteiger partial charge in [-0.15, -0.1) is 0 Å². The summed E-state index contributed by atoms with van der Waals surface area (Å²) in [5.74, 6) is 0.234. The molecule has 44 heavy (non-hydrogen) atoms. The molecule has 0 spiro atoms. The summed E-state index contributed by atoms with van der Waals surface area (Å²) in [6.07, 6.45) is 6.49. The van der Waals surface area contributed by atoms with Crippen molar-refractivity contribution in [3.05, 3.63) is 109 Å². The number of nitrogens with one attached hydrogen (secondary N) is 3. The summed E-state index contributed by atoms with van der Waals surface area (Å²) in [7, 11) is 3.81. The molecule has 0 bridgehead atoms. The quantitative estimate of drug-likeness (QED) is 0.158. The van der Waals surface area contributed by atoms with E-state index in [0.29, 0.717) is 45.9 Å². The van der Waals surface area contributed by atoms with Crippen LogP contribution in [0, 0.1) is 0 Å². The van der Waals surface area contributed by atoms with Gasteiger partial charge < -0.3 is 30.2 Å². The van der Waals surface area contributed by atoms with Gasteiger partial charge >= 0.3 is 6.61 Å². The summed E-state index contributed by atoms with van der Waals surface area (Å²) in [6, 6.07) is 22.0. The molecule has 3 N–H and O–H groups in total. The molecule has 2 amide bonds. The Hall–Kier alpha value is -5.62. The minimum absolute atomic E-state index is 0.0757. The summed E-state index contributed by atoms with van der Waals surface area (Å²) in [5.41, 5.74) is 2.66. The van der Waals surface area contributed by atoms with E-state index < -0.39 is 6.61 Å². The van der Waals surface area contributed by atoms with Crippen LogP contribution in [0.2, 0.25) is 0 Å². The van der Waals surface area contributed by atoms with E-state index in [0.717, 1.165) is 0 Å². The molecule has 0 aliphatic rings. The van der Waals surface area contributed by atoms with E-state index in [1.165, 1.54) is 12.1 Å². The lowest BCUT2D eigenvalue weighted by Gasteiger charge is -2.11. The highest BCUT2D eigenvalue weighted by Gasteiger charge is 2.13. The van der Waals surface area contributed by atoms with E-state index in [-0.39, 0.29) is 23.5 Å². The average Bonchev–Trinajstić information content (AvgIpc) is 3.43. The van der Waals surface area contributed by atoms with Crippen LogP contribution in [0.25, 0.3) is 16.7 Å². The molecule has 0 atom stereocenters. The van der Waals surface area contributed by atoms with Gasteiger partial charge in [-0.2, -0.15) is 13.8 Å². The standard InChI is InChI=1S/C32H29F2N7O3/c1-40(2)17-6-13-29(42)36-22-8-3-7-21(19-22)30(43)37-23-9-4-10-24(20-23)38-32-35-16-14-28(39-32)41-18-15-25-26(41)11-5-12-27(25)44-31(33)34/h3-16,18-20,31H,17H2,1-2H3,(H,36,42)(H,37,43)(H,35,38,39)/b13-6+. The summed E-state index contributed by atoms with van der Waals surface area (Å²) in [5, 5.41) is 9.28. The number of rotatable bonds is 11. The molecular formula is C32H29F2N7O3. The van der Waals surface area contributed by atoms with Crippen LogP contribution in [-0.2, 0) is 4.79 Å². The van der Waals surface area contributed by atoms with Crippen LogP contribution in [0.3, 0.4) is 0 Å². The van der Waals surface area contributed by atoms with Crippen molar-refractivity contribution >= 4 is 45.7 Å². The number of alkyl halides is 2. The molecule has 5 rings (SSSR count). The highest BCUT2D eigenvalue weighted by atomic mass is 19.3. The second kappa shape index (κ2) is 13.6. The molecular weight excluding hydrogens is 568 g/mol. The van der Waals surface area contributed by atoms with Gasteiger partial charge in [-0.05, 0) is 74.8 Å². The lowest BCUT2D eigenvalue weighted by atomic mass is 10.1. The van der Waals surface area contributed by atoms with Gasteiger partial charge in [-0.3, -0.25) is 9.59 Å². The molecule has 0 radical (unpaired) electrons. The van der Waals surface area contributed by atoms with Crippen molar-refractivity contribution in [2.75, 3.05) is 36.6 Å². The van der Waals surface area contributed by atoms with Crippen LogP contribution in [0.5, 0.6) is 5.75 Å². The Morgan fingerprint density at radius 3 is 2.50 bits per heavy atom. The van der Waals surface area contributed by atoms with Gasteiger partial charge in [0.25, 0.3) is 5.91 Å². The highest BCUT2D eigenvalue weighted by Crippen LogP contribution is 2.29. The van der Waals surface area contributed by atoms with Crippen LogP contribution in [0.4, 0.5) is 31.8 Å². The van der Waals surface area contributed by atoms with Gasteiger partial charge in [-0.1, -0.05) is 24.3 Å². The smallest absolute Gasteiger partial charge is 0.387 e. The van der Waals surface area contributed by atoms with Crippen molar-refractivity contribution in [1.29, 1.82) is 0 Å². The second-order valence-corrected chi connectivity index (χ2v) is 9.89. The second-order valence-electron chi connectivity index (χ2n) is 9.89. The first-order chi connectivity index (χ1) is 21.2. The van der Waals surface area contributed by atoms with E-state index in [1.807, 2.05) is 19.0 Å². The zero-order valence-corrected chi connectivity index (χ0v) is 23.9. The van der Waals surface area contributed by atoms with Crippen molar-refractivity contribution in [1.82, 2.24) is 19.4 Å². The third-order valence-corrected chi connectivity index (χ3v) is 6.31. The van der Waals surface area contributed by atoms with Crippen molar-refractivity contribution in [2.45, 2.75) is 6.61 Å². The Balaban J connectivity index is 1.27. The zero-order valence-electron chi connectivity index (χ0n) is 23.9. The molecule has 224 valence electrons. The molecule has 0 saturated carbocycles. The van der Waals surface area contributed by atoms with Crippen molar-refractivity contribution in [3.8, 4) is 11.6 Å². The van der Waals surface area contributed by atoms with Gasteiger partial charge in [0.15, 0.2) is 0 Å². The normalized spacial score (nSPS) is 11.3. The van der Waals surface area contributed by atoms with Crippen molar-refractivity contribution in [2.24, 2.45) is 0 Å². The van der Waals surface area contributed by atoms with Crippen molar-refractivity contribution < 1.29 is 23.1 Å². The van der Waals surface area contributed by atoms with Gasteiger partial charge in [0.05, 0.1) is 5.52 Å². The Bertz CT molecular complexity index is 1820. The predicted octanol–water partition coefficient (Wildman–Crippen LogP) is 6.07. The third-order valence-electron chi connectivity index (χ3n) is 6.31. The SMILES string of the molecule is CN(C)C/C=C/C(=O)Nc1cccc(C(=O)Nc2cccc(Nc3nccc(-n4ccc5c(OC(F)F)cccc54)n3)c2)c1. The molecule has 10 nitrogen and oxygen atoms in total. The Morgan fingerprint density at radius 1 is 0.955 bits per heavy atom. The minimum atomic E-state index is -2.93. The fourth-order valence-corrected chi connectivity index (χ4v) is 4.38. The Kier molecular flexibility index (Phi) is 9.21. The van der Waals surface area contributed by atoms with E-state index in [1.54, 1.807) is 95.8 Å². The van der Waals surface area contributed by atoms with Crippen molar-refractivity contribution in [3.63, 3.8) is 0 Å². The van der Waals surface area contributed by atoms with E-state index in [4.69, 9.17) is 0 Å². The van der Waals surface area contributed by atoms with E-state index >= 15 is 0 Å². The molecule has 2 aromatic heterocycles. The average molecular weight is 598 g/mol. The first-order valence-electron chi connectivity index (χ1n) is 13.5. The number of benzene rings is 3. The number of hydrogen-bond donors (Lipinski definition) is 3. The van der Waals surface area contributed by atoms with E-state index in [9.17, 15) is 18.4 Å². The lowest BCUT2D eigenvalue weighted by Crippen LogP contribution is -2.14. The number of halogens is 2. The van der Waals surface area contributed by atoms with Gasteiger partial charge in [0.2, 0.25) is 11.9 Å². The molecule has 0 aliphatic heterocycles. The molecule has 3 aromatic carbocycles. The molecule has 5 aromatic rings. The predicted molar refractivity (Wildman–Crippen MR) is 166 cm³/mol. The maximum absolute atomic E-state index is 13.0. The summed E-state index contributed by atoms with van der Waals surface area (Å²) < 4.78 is 32.1. The molecule has 12 heteroatoms. The Morgan fingerprint density at radius 2 is 1.70 bits per heavy atom. The molecule has 2 heterocycles. The zero-order chi connectivity index (χ0) is 31.1. The number of nitrogens with zero attached hydrogens (tertiary/aromatic N) is 4. The number of carbonyl (C=O) groups is 2. The number of aromatic nitrogens is 3. The topological polar surface area (TPSA) is 113 Å². The number of ether oxygens (including phenoxy) is 1. The maximum atomic E-state index is 13.0. The first-order valence-corrected chi connectivity index (χ1v) is 13.5. The number of hydrogen-bond acceptors (Lipinski definition) is 7.